The van der Waals surface area contributed by atoms with Crippen LogP contribution in [-0.4, -0.2) is 55.8 Å². The van der Waals surface area contributed by atoms with E-state index in [0.29, 0.717) is 17.0 Å². The standard InChI is InChI=1S/C26H20F3N5O5/c1-24-17(35)10-25(39-24,6-8-38-18-9-16(26(27,28)29)32-12-33-18)20-19(24)22(36)34(23(20)37)15-5-4-13(11-30)21-14(15)3-2-7-31-21/h2-5,7,9,12,17,19-20,35H,6,8,10H2,1H3. The van der Waals surface area contributed by atoms with Crippen LogP contribution in [0, 0.1) is 23.2 Å². The van der Waals surface area contributed by atoms with Crippen molar-refractivity contribution in [1.29, 1.82) is 5.26 Å². The molecule has 3 aliphatic heterocycles. The highest BCUT2D eigenvalue weighted by Gasteiger charge is 2.77. The molecule has 200 valence electrons. The molecule has 5 unspecified atom stereocenters. The van der Waals surface area contributed by atoms with Crippen LogP contribution in [-0.2, 0) is 20.5 Å². The van der Waals surface area contributed by atoms with Crippen molar-refractivity contribution in [3.8, 4) is 11.9 Å². The van der Waals surface area contributed by atoms with Gasteiger partial charge in [-0.25, -0.2) is 14.9 Å². The van der Waals surface area contributed by atoms with Crippen molar-refractivity contribution in [2.24, 2.45) is 11.8 Å². The van der Waals surface area contributed by atoms with Gasteiger partial charge in [-0.1, -0.05) is 0 Å². The monoisotopic (exact) mass is 539 g/mol. The number of carbonyl (C=O) groups excluding carboxylic acids is 2. The average Bonchev–Trinajstić information content (AvgIpc) is 3.44. The van der Waals surface area contributed by atoms with E-state index < -0.39 is 52.8 Å². The van der Waals surface area contributed by atoms with Crippen LogP contribution in [0.5, 0.6) is 5.88 Å². The van der Waals surface area contributed by atoms with Gasteiger partial charge in [-0.3, -0.25) is 14.6 Å². The number of pyridine rings is 1. The summed E-state index contributed by atoms with van der Waals surface area (Å²) in [6.07, 6.45) is -3.45. The SMILES string of the molecule is CC12OC(CCOc3cc(C(F)(F)F)ncn3)(CC1O)C1C(=O)N(c3ccc(C#N)c4ncccc34)C(=O)C12. The minimum atomic E-state index is -4.68. The highest BCUT2D eigenvalue weighted by atomic mass is 19.4. The highest BCUT2D eigenvalue weighted by molar-refractivity contribution is 6.26. The van der Waals surface area contributed by atoms with Crippen molar-refractivity contribution in [1.82, 2.24) is 15.0 Å². The maximum atomic E-state index is 13.9. The third-order valence-electron chi connectivity index (χ3n) is 7.93. The lowest BCUT2D eigenvalue weighted by atomic mass is 9.66. The number of halogens is 3. The van der Waals surface area contributed by atoms with Gasteiger partial charge in [0.1, 0.15) is 18.0 Å². The Morgan fingerprint density at radius 2 is 1.97 bits per heavy atom. The number of fused-ring (bicyclic) bond motifs is 6. The van der Waals surface area contributed by atoms with Crippen molar-refractivity contribution >= 4 is 28.4 Å². The van der Waals surface area contributed by atoms with Gasteiger partial charge < -0.3 is 14.6 Å². The number of nitriles is 1. The fourth-order valence-electron chi connectivity index (χ4n) is 6.21. The first-order chi connectivity index (χ1) is 18.5. The number of rotatable bonds is 5. The summed E-state index contributed by atoms with van der Waals surface area (Å²) >= 11 is 0. The second-order valence-electron chi connectivity index (χ2n) is 10.0. The lowest BCUT2D eigenvalue weighted by Gasteiger charge is -2.33. The molecule has 0 aliphatic carbocycles. The zero-order chi connectivity index (χ0) is 27.7. The number of aromatic nitrogens is 3. The highest BCUT2D eigenvalue weighted by Crippen LogP contribution is 2.62. The summed E-state index contributed by atoms with van der Waals surface area (Å²) in [7, 11) is 0. The number of ether oxygens (including phenoxy) is 2. The topological polar surface area (TPSA) is 139 Å². The molecule has 1 N–H and O–H groups in total. The third-order valence-corrected chi connectivity index (χ3v) is 7.93. The molecule has 3 aliphatic rings. The Labute approximate surface area is 219 Å². The van der Waals surface area contributed by atoms with Crippen molar-refractivity contribution < 1.29 is 37.3 Å². The van der Waals surface area contributed by atoms with Gasteiger partial charge >= 0.3 is 6.18 Å². The predicted molar refractivity (Wildman–Crippen MR) is 126 cm³/mol. The molecular weight excluding hydrogens is 519 g/mol. The second kappa shape index (κ2) is 8.42. The van der Waals surface area contributed by atoms with Crippen LogP contribution in [0.4, 0.5) is 18.9 Å². The first kappa shape index (κ1) is 25.1. The summed E-state index contributed by atoms with van der Waals surface area (Å²) in [5.74, 6) is -3.34. The van der Waals surface area contributed by atoms with Crippen LogP contribution in [0.1, 0.15) is 31.0 Å². The number of aliphatic hydroxyl groups excluding tert-OH is 1. The molecule has 0 saturated carbocycles. The quantitative estimate of drug-likeness (QED) is 0.485. The molecule has 5 heterocycles. The number of benzene rings is 1. The molecule has 0 radical (unpaired) electrons. The number of amides is 2. The number of aliphatic hydroxyl groups is 1. The van der Waals surface area contributed by atoms with Gasteiger partial charge in [0.2, 0.25) is 17.7 Å². The van der Waals surface area contributed by atoms with Gasteiger partial charge in [-0.2, -0.15) is 18.4 Å². The average molecular weight is 539 g/mol. The van der Waals surface area contributed by atoms with E-state index in [0.717, 1.165) is 11.2 Å². The van der Waals surface area contributed by atoms with Crippen molar-refractivity contribution in [2.75, 3.05) is 11.5 Å². The second-order valence-corrected chi connectivity index (χ2v) is 10.0. The normalized spacial score (nSPS) is 29.6. The minimum Gasteiger partial charge on any atom is -0.477 e. The molecule has 39 heavy (non-hydrogen) atoms. The molecule has 2 bridgehead atoms. The van der Waals surface area contributed by atoms with Gasteiger partial charge in [0.05, 0.1) is 46.9 Å². The van der Waals surface area contributed by atoms with Gasteiger partial charge in [-0.05, 0) is 31.2 Å². The van der Waals surface area contributed by atoms with E-state index in [4.69, 9.17) is 9.47 Å². The van der Waals surface area contributed by atoms with Gasteiger partial charge in [0.25, 0.3) is 0 Å². The first-order valence-electron chi connectivity index (χ1n) is 12.1. The molecule has 0 spiro atoms. The minimum absolute atomic E-state index is 0.00864. The van der Waals surface area contributed by atoms with E-state index >= 15 is 0 Å². The van der Waals surface area contributed by atoms with Crippen LogP contribution < -0.4 is 9.64 Å². The molecule has 13 heteroatoms. The van der Waals surface area contributed by atoms with E-state index in [2.05, 4.69) is 21.0 Å². The zero-order valence-electron chi connectivity index (χ0n) is 20.3. The maximum absolute atomic E-state index is 13.9. The number of alkyl halides is 3. The number of imide groups is 1. The van der Waals surface area contributed by atoms with E-state index in [1.165, 1.54) is 18.3 Å². The molecular formula is C26H20F3N5O5. The summed E-state index contributed by atoms with van der Waals surface area (Å²) in [4.78, 5) is 39.9. The molecule has 3 fully saturated rings. The van der Waals surface area contributed by atoms with Crippen LogP contribution in [0.3, 0.4) is 0 Å². The van der Waals surface area contributed by atoms with Crippen LogP contribution in [0.2, 0.25) is 0 Å². The molecule has 2 aromatic heterocycles. The molecule has 5 atom stereocenters. The number of carbonyl (C=O) groups is 2. The van der Waals surface area contributed by atoms with E-state index in [1.54, 1.807) is 19.1 Å². The number of hydrogen-bond donors (Lipinski definition) is 1. The van der Waals surface area contributed by atoms with E-state index in [-0.39, 0.29) is 36.6 Å². The Balaban J connectivity index is 1.32. The van der Waals surface area contributed by atoms with Gasteiger partial charge in [0.15, 0.2) is 5.69 Å². The number of nitrogens with zero attached hydrogens (tertiary/aromatic N) is 5. The third kappa shape index (κ3) is 3.59. The predicted octanol–water partition coefficient (Wildman–Crippen LogP) is 2.78. The molecule has 10 nitrogen and oxygen atoms in total. The van der Waals surface area contributed by atoms with Crippen LogP contribution in [0.25, 0.3) is 10.9 Å². The number of hydrogen-bond acceptors (Lipinski definition) is 9. The van der Waals surface area contributed by atoms with E-state index in [1.807, 2.05) is 0 Å². The molecule has 2 amide bonds. The Bertz CT molecular complexity index is 1580. The van der Waals surface area contributed by atoms with Crippen molar-refractivity contribution in [3.63, 3.8) is 0 Å². The molecule has 3 saturated heterocycles. The fraction of sp³-hybridized carbons (Fsp3) is 0.385. The fourth-order valence-corrected chi connectivity index (χ4v) is 6.21. The van der Waals surface area contributed by atoms with Gasteiger partial charge in [-0.15, -0.1) is 0 Å². The van der Waals surface area contributed by atoms with Crippen LogP contribution in [0.15, 0.2) is 42.9 Å². The summed E-state index contributed by atoms with van der Waals surface area (Å²) in [6.45, 7) is 1.39. The smallest absolute Gasteiger partial charge is 0.433 e. The summed E-state index contributed by atoms with van der Waals surface area (Å²) < 4.78 is 50.7. The first-order valence-corrected chi connectivity index (χ1v) is 12.1. The van der Waals surface area contributed by atoms with E-state index in [9.17, 15) is 33.1 Å². The molecule has 1 aromatic carbocycles. The Hall–Kier alpha value is -4.15. The van der Waals surface area contributed by atoms with Crippen molar-refractivity contribution in [3.05, 3.63) is 54.1 Å². The lowest BCUT2D eigenvalue weighted by molar-refractivity contribution is -0.141. The molecule has 6 rings (SSSR count). The summed E-state index contributed by atoms with van der Waals surface area (Å²) in [6, 6.07) is 9.02. The number of anilines is 1. The Kier molecular flexibility index (Phi) is 5.43. The summed E-state index contributed by atoms with van der Waals surface area (Å²) in [5, 5.41) is 20.8. The summed E-state index contributed by atoms with van der Waals surface area (Å²) in [5.41, 5.74) is -2.92. The largest absolute Gasteiger partial charge is 0.477 e. The van der Waals surface area contributed by atoms with Crippen LogP contribution >= 0.6 is 0 Å². The van der Waals surface area contributed by atoms with Gasteiger partial charge in [0, 0.05) is 30.5 Å². The van der Waals surface area contributed by atoms with Crippen molar-refractivity contribution in [2.45, 2.75) is 43.2 Å². The zero-order valence-corrected chi connectivity index (χ0v) is 20.3. The lowest BCUT2D eigenvalue weighted by Crippen LogP contribution is -2.49. The Morgan fingerprint density at radius 3 is 2.72 bits per heavy atom. The maximum Gasteiger partial charge on any atom is 0.433 e. The Morgan fingerprint density at radius 1 is 1.21 bits per heavy atom. The molecule has 3 aromatic rings.